The first-order valence-electron chi connectivity index (χ1n) is 3.71. The zero-order chi connectivity index (χ0) is 8.39. The van der Waals surface area contributed by atoms with Crippen molar-refractivity contribution in [2.45, 2.75) is 6.54 Å². The van der Waals surface area contributed by atoms with Crippen molar-refractivity contribution >= 4 is 10.9 Å². The second-order valence-electron chi connectivity index (χ2n) is 2.55. The van der Waals surface area contributed by atoms with Gasteiger partial charge in [0.1, 0.15) is 0 Å². The van der Waals surface area contributed by atoms with E-state index in [1.54, 1.807) is 0 Å². The molecule has 0 saturated heterocycles. The summed E-state index contributed by atoms with van der Waals surface area (Å²) in [4.78, 5) is 0. The summed E-state index contributed by atoms with van der Waals surface area (Å²) in [5.41, 5.74) is 3.91. The number of aromatic amines is 1. The van der Waals surface area contributed by atoms with Gasteiger partial charge in [-0.3, -0.25) is 5.10 Å². The van der Waals surface area contributed by atoms with Crippen LogP contribution in [-0.2, 0) is 6.54 Å². The number of nitrogens with one attached hydrogen (secondary N) is 2. The fourth-order valence-corrected chi connectivity index (χ4v) is 1.23. The number of aromatic nitrogens is 2. The minimum Gasteiger partial charge on any atom is -0.316 e. The van der Waals surface area contributed by atoms with Crippen LogP contribution in [0.1, 0.15) is 5.69 Å². The number of rotatable bonds is 2. The summed E-state index contributed by atoms with van der Waals surface area (Å²) in [6, 6.07) is 7.76. The topological polar surface area (TPSA) is 60.9 Å². The fraction of sp³-hybridized carbons (Fsp3) is 0.125. The van der Waals surface area contributed by atoms with Crippen molar-refractivity contribution in [3.05, 3.63) is 30.0 Å². The van der Waals surface area contributed by atoms with E-state index in [0.29, 0.717) is 6.54 Å². The Labute approximate surface area is 69.2 Å². The minimum absolute atomic E-state index is 0.389. The summed E-state index contributed by atoms with van der Waals surface area (Å²) < 4.78 is 0. The molecule has 0 unspecified atom stereocenters. The Hall–Kier alpha value is -1.39. The molecule has 0 spiro atoms. The number of hydrogen-bond acceptors (Lipinski definition) is 3. The molecule has 12 heavy (non-hydrogen) atoms. The molecule has 3 N–H and O–H groups in total. The lowest BCUT2D eigenvalue weighted by molar-refractivity contribution is 0.160. The van der Waals surface area contributed by atoms with Crippen LogP contribution in [0.25, 0.3) is 10.9 Å². The van der Waals surface area contributed by atoms with E-state index in [2.05, 4.69) is 15.7 Å². The smallest absolute Gasteiger partial charge is 0.0924 e. The van der Waals surface area contributed by atoms with E-state index >= 15 is 0 Å². The Morgan fingerprint density at radius 3 is 3.08 bits per heavy atom. The van der Waals surface area contributed by atoms with Crippen LogP contribution in [-0.4, -0.2) is 15.4 Å². The summed E-state index contributed by atoms with van der Waals surface area (Å²) in [5, 5.41) is 16.4. The molecule has 4 heteroatoms. The number of hydroxylamine groups is 1. The van der Waals surface area contributed by atoms with Crippen LogP contribution in [0.15, 0.2) is 24.3 Å². The van der Waals surface area contributed by atoms with Gasteiger partial charge in [-0.15, -0.1) is 0 Å². The maximum Gasteiger partial charge on any atom is 0.0924 e. The lowest BCUT2D eigenvalue weighted by atomic mass is 10.2. The number of para-hydroxylation sites is 1. The predicted octanol–water partition coefficient (Wildman–Crippen LogP) is 1.04. The summed E-state index contributed by atoms with van der Waals surface area (Å²) in [6.07, 6.45) is 0. The average Bonchev–Trinajstić information content (AvgIpc) is 2.50. The first-order valence-corrected chi connectivity index (χ1v) is 3.71. The van der Waals surface area contributed by atoms with Gasteiger partial charge >= 0.3 is 0 Å². The third kappa shape index (κ3) is 1.07. The third-order valence-corrected chi connectivity index (χ3v) is 1.80. The SMILES string of the molecule is ONCc1[nH]nc2ccccc12. The van der Waals surface area contributed by atoms with Crippen molar-refractivity contribution in [1.29, 1.82) is 0 Å². The standard InChI is InChI=1S/C8H9N3O/c12-9-5-8-6-3-1-2-4-7(6)10-11-8/h1-4,9,12H,5H2,(H,10,11). The van der Waals surface area contributed by atoms with Crippen molar-refractivity contribution in [1.82, 2.24) is 15.7 Å². The van der Waals surface area contributed by atoms with Gasteiger partial charge in [-0.2, -0.15) is 10.6 Å². The first kappa shape index (κ1) is 7.27. The highest BCUT2D eigenvalue weighted by atomic mass is 16.5. The van der Waals surface area contributed by atoms with Crippen LogP contribution >= 0.6 is 0 Å². The molecule has 0 radical (unpaired) electrons. The van der Waals surface area contributed by atoms with Gasteiger partial charge in [0, 0.05) is 5.39 Å². The molecule has 0 amide bonds. The maximum absolute atomic E-state index is 8.50. The fourth-order valence-electron chi connectivity index (χ4n) is 1.23. The van der Waals surface area contributed by atoms with E-state index in [1.165, 1.54) is 0 Å². The van der Waals surface area contributed by atoms with Crippen LogP contribution in [0.4, 0.5) is 0 Å². The molecule has 1 aromatic carbocycles. The van der Waals surface area contributed by atoms with Gasteiger partial charge in [0.05, 0.1) is 17.8 Å². The molecule has 0 aliphatic carbocycles. The van der Waals surface area contributed by atoms with Crippen molar-refractivity contribution in [3.63, 3.8) is 0 Å². The monoisotopic (exact) mass is 163 g/mol. The minimum atomic E-state index is 0.389. The number of H-pyrrole nitrogens is 1. The van der Waals surface area contributed by atoms with Gasteiger partial charge in [0.25, 0.3) is 0 Å². The molecule has 1 heterocycles. The molecule has 0 aliphatic heterocycles. The van der Waals surface area contributed by atoms with Gasteiger partial charge < -0.3 is 5.21 Å². The van der Waals surface area contributed by atoms with Gasteiger partial charge in [0.15, 0.2) is 0 Å². The van der Waals surface area contributed by atoms with E-state index in [4.69, 9.17) is 5.21 Å². The van der Waals surface area contributed by atoms with Crippen LogP contribution in [0.2, 0.25) is 0 Å². The Morgan fingerprint density at radius 2 is 2.25 bits per heavy atom. The average molecular weight is 163 g/mol. The van der Waals surface area contributed by atoms with Crippen molar-refractivity contribution < 1.29 is 5.21 Å². The first-order chi connectivity index (χ1) is 5.92. The zero-order valence-electron chi connectivity index (χ0n) is 6.41. The van der Waals surface area contributed by atoms with Crippen molar-refractivity contribution in [2.24, 2.45) is 0 Å². The highest BCUT2D eigenvalue weighted by Crippen LogP contribution is 2.14. The zero-order valence-corrected chi connectivity index (χ0v) is 6.41. The number of benzene rings is 1. The molecule has 2 aromatic rings. The number of hydrogen-bond donors (Lipinski definition) is 3. The number of nitrogens with zero attached hydrogens (tertiary/aromatic N) is 1. The molecule has 0 bridgehead atoms. The molecular weight excluding hydrogens is 154 g/mol. The van der Waals surface area contributed by atoms with E-state index in [-0.39, 0.29) is 0 Å². The van der Waals surface area contributed by atoms with Gasteiger partial charge in [-0.05, 0) is 6.07 Å². The normalized spacial score (nSPS) is 10.8. The van der Waals surface area contributed by atoms with Crippen molar-refractivity contribution in [3.8, 4) is 0 Å². The lowest BCUT2D eigenvalue weighted by Crippen LogP contribution is -2.06. The second kappa shape index (κ2) is 2.92. The van der Waals surface area contributed by atoms with Gasteiger partial charge in [-0.1, -0.05) is 18.2 Å². The van der Waals surface area contributed by atoms with Gasteiger partial charge in [0.2, 0.25) is 0 Å². The van der Waals surface area contributed by atoms with E-state index < -0.39 is 0 Å². The Kier molecular flexibility index (Phi) is 1.77. The summed E-state index contributed by atoms with van der Waals surface area (Å²) in [5.74, 6) is 0. The summed E-state index contributed by atoms with van der Waals surface area (Å²) >= 11 is 0. The molecule has 62 valence electrons. The van der Waals surface area contributed by atoms with Gasteiger partial charge in [-0.25, -0.2) is 0 Å². The van der Waals surface area contributed by atoms with Crippen LogP contribution in [0.3, 0.4) is 0 Å². The lowest BCUT2D eigenvalue weighted by Gasteiger charge is -1.93. The van der Waals surface area contributed by atoms with Crippen LogP contribution in [0, 0.1) is 0 Å². The van der Waals surface area contributed by atoms with Crippen LogP contribution in [0.5, 0.6) is 0 Å². The number of fused-ring (bicyclic) bond motifs is 1. The molecule has 1 aromatic heterocycles. The largest absolute Gasteiger partial charge is 0.316 e. The van der Waals surface area contributed by atoms with Crippen molar-refractivity contribution in [2.75, 3.05) is 0 Å². The Bertz CT molecular complexity index is 382. The Morgan fingerprint density at radius 1 is 1.42 bits per heavy atom. The summed E-state index contributed by atoms with van der Waals surface area (Å²) in [7, 11) is 0. The molecule has 0 saturated carbocycles. The molecule has 0 atom stereocenters. The molecule has 0 aliphatic rings. The molecule has 2 rings (SSSR count). The van der Waals surface area contributed by atoms with Crippen LogP contribution < -0.4 is 5.48 Å². The van der Waals surface area contributed by atoms with E-state index in [1.807, 2.05) is 24.3 Å². The Balaban J connectivity index is 2.55. The maximum atomic E-state index is 8.50. The van der Waals surface area contributed by atoms with E-state index in [9.17, 15) is 0 Å². The predicted molar refractivity (Wildman–Crippen MR) is 44.7 cm³/mol. The molecule has 0 fully saturated rings. The third-order valence-electron chi connectivity index (χ3n) is 1.80. The second-order valence-corrected chi connectivity index (χ2v) is 2.55. The molecular formula is C8H9N3O. The molecule has 4 nitrogen and oxygen atoms in total. The summed E-state index contributed by atoms with van der Waals surface area (Å²) in [6.45, 7) is 0.389. The quantitative estimate of drug-likeness (QED) is 0.580. The highest BCUT2D eigenvalue weighted by molar-refractivity contribution is 5.80. The highest BCUT2D eigenvalue weighted by Gasteiger charge is 2.01. The van der Waals surface area contributed by atoms with E-state index in [0.717, 1.165) is 16.6 Å².